The van der Waals surface area contributed by atoms with E-state index >= 15 is 0 Å². The molecule has 1 aliphatic rings. The van der Waals surface area contributed by atoms with Gasteiger partial charge in [0, 0.05) is 19.1 Å². The summed E-state index contributed by atoms with van der Waals surface area (Å²) in [4.78, 5) is 0.299. The molecular formula is C14H23N3O2S. The van der Waals surface area contributed by atoms with Crippen molar-refractivity contribution in [2.24, 2.45) is 11.7 Å². The lowest BCUT2D eigenvalue weighted by atomic mass is 10.1. The molecule has 112 valence electrons. The van der Waals surface area contributed by atoms with Crippen LogP contribution < -0.4 is 15.8 Å². The topological polar surface area (TPSA) is 84.2 Å². The van der Waals surface area contributed by atoms with Crippen LogP contribution in [0.1, 0.15) is 26.2 Å². The predicted octanol–water partition coefficient (Wildman–Crippen LogP) is 1.52. The summed E-state index contributed by atoms with van der Waals surface area (Å²) in [7, 11) is -3.47. The number of nitrogens with one attached hydrogen (secondary N) is 2. The first-order valence-corrected chi connectivity index (χ1v) is 8.62. The molecule has 1 aromatic rings. The summed E-state index contributed by atoms with van der Waals surface area (Å²) in [5.41, 5.74) is 6.41. The van der Waals surface area contributed by atoms with E-state index in [0.717, 1.165) is 19.3 Å². The Morgan fingerprint density at radius 1 is 1.35 bits per heavy atom. The Labute approximate surface area is 121 Å². The molecule has 0 aromatic heterocycles. The van der Waals surface area contributed by atoms with Crippen molar-refractivity contribution in [3.8, 4) is 0 Å². The van der Waals surface area contributed by atoms with Crippen LogP contribution in [0.25, 0.3) is 0 Å². The molecule has 0 amide bonds. The van der Waals surface area contributed by atoms with E-state index in [1.807, 2.05) is 13.0 Å². The fourth-order valence-electron chi connectivity index (χ4n) is 2.20. The highest BCUT2D eigenvalue weighted by Gasteiger charge is 2.31. The van der Waals surface area contributed by atoms with Gasteiger partial charge in [-0.25, -0.2) is 13.1 Å². The summed E-state index contributed by atoms with van der Waals surface area (Å²) in [5, 5.41) is 3.30. The third kappa shape index (κ3) is 3.71. The van der Waals surface area contributed by atoms with Crippen LogP contribution in [0.3, 0.4) is 0 Å². The van der Waals surface area contributed by atoms with Crippen LogP contribution in [0.5, 0.6) is 0 Å². The van der Waals surface area contributed by atoms with Crippen molar-refractivity contribution in [3.63, 3.8) is 0 Å². The lowest BCUT2D eigenvalue weighted by Gasteiger charge is -2.20. The Hall–Kier alpha value is -1.11. The maximum absolute atomic E-state index is 12.3. The van der Waals surface area contributed by atoms with E-state index in [1.165, 1.54) is 0 Å². The molecule has 1 unspecified atom stereocenters. The second kappa shape index (κ2) is 6.56. The second-order valence-electron chi connectivity index (χ2n) is 5.22. The van der Waals surface area contributed by atoms with E-state index in [0.29, 0.717) is 29.6 Å². The molecule has 20 heavy (non-hydrogen) atoms. The standard InChI is InChI=1S/C14H23N3O2S/c1-2-9-16-20(18,19)14-6-4-3-5-12(14)17-13(10-15)11-7-8-11/h3-6,11,13,16-17H,2,7-10,15H2,1H3. The minimum atomic E-state index is -3.47. The third-order valence-electron chi connectivity index (χ3n) is 3.50. The monoisotopic (exact) mass is 297 g/mol. The molecular weight excluding hydrogens is 274 g/mol. The molecule has 1 fully saturated rings. The molecule has 0 saturated heterocycles. The van der Waals surface area contributed by atoms with Crippen LogP contribution in [-0.4, -0.2) is 27.5 Å². The minimum Gasteiger partial charge on any atom is -0.380 e. The van der Waals surface area contributed by atoms with Gasteiger partial charge in [-0.2, -0.15) is 0 Å². The smallest absolute Gasteiger partial charge is 0.242 e. The molecule has 0 radical (unpaired) electrons. The van der Waals surface area contributed by atoms with Gasteiger partial charge in [0.25, 0.3) is 0 Å². The van der Waals surface area contributed by atoms with Crippen LogP contribution in [0, 0.1) is 5.92 Å². The first-order valence-electron chi connectivity index (χ1n) is 7.13. The molecule has 5 nitrogen and oxygen atoms in total. The zero-order chi connectivity index (χ0) is 14.6. The van der Waals surface area contributed by atoms with Gasteiger partial charge >= 0.3 is 0 Å². The SMILES string of the molecule is CCCNS(=O)(=O)c1ccccc1NC(CN)C1CC1. The number of hydrogen-bond acceptors (Lipinski definition) is 4. The Balaban J connectivity index is 2.21. The Morgan fingerprint density at radius 3 is 2.65 bits per heavy atom. The number of para-hydroxylation sites is 1. The molecule has 1 saturated carbocycles. The largest absolute Gasteiger partial charge is 0.380 e. The number of sulfonamides is 1. The lowest BCUT2D eigenvalue weighted by molar-refractivity contribution is 0.580. The van der Waals surface area contributed by atoms with Gasteiger partial charge in [-0.05, 0) is 37.3 Å². The van der Waals surface area contributed by atoms with Crippen molar-refractivity contribution in [2.45, 2.75) is 37.1 Å². The van der Waals surface area contributed by atoms with E-state index in [9.17, 15) is 8.42 Å². The van der Waals surface area contributed by atoms with Gasteiger partial charge in [0.1, 0.15) is 4.90 Å². The number of benzene rings is 1. The van der Waals surface area contributed by atoms with Crippen LogP contribution in [0.15, 0.2) is 29.2 Å². The Morgan fingerprint density at radius 2 is 2.05 bits per heavy atom. The predicted molar refractivity (Wildman–Crippen MR) is 81.1 cm³/mol. The minimum absolute atomic E-state index is 0.150. The quantitative estimate of drug-likeness (QED) is 0.679. The van der Waals surface area contributed by atoms with Crippen molar-refractivity contribution < 1.29 is 8.42 Å². The summed E-state index contributed by atoms with van der Waals surface area (Å²) < 4.78 is 27.2. The molecule has 1 aliphatic carbocycles. The summed E-state index contributed by atoms with van der Waals surface area (Å²) in [5.74, 6) is 0.569. The fraction of sp³-hybridized carbons (Fsp3) is 0.571. The van der Waals surface area contributed by atoms with Crippen LogP contribution in [0.2, 0.25) is 0 Å². The molecule has 0 spiro atoms. The van der Waals surface area contributed by atoms with Crippen molar-refractivity contribution >= 4 is 15.7 Å². The average molecular weight is 297 g/mol. The third-order valence-corrected chi connectivity index (χ3v) is 5.02. The maximum Gasteiger partial charge on any atom is 0.242 e. The first kappa shape index (κ1) is 15.3. The van der Waals surface area contributed by atoms with Crippen molar-refractivity contribution in [1.29, 1.82) is 0 Å². The highest BCUT2D eigenvalue weighted by molar-refractivity contribution is 7.89. The average Bonchev–Trinajstić information content (AvgIpc) is 3.27. The number of anilines is 1. The molecule has 1 atom stereocenters. The summed E-state index contributed by atoms with van der Waals surface area (Å²) in [6.07, 6.45) is 3.10. The normalized spacial score (nSPS) is 16.9. The van der Waals surface area contributed by atoms with Crippen molar-refractivity contribution in [2.75, 3.05) is 18.4 Å². The van der Waals surface area contributed by atoms with E-state index in [2.05, 4.69) is 10.0 Å². The van der Waals surface area contributed by atoms with Gasteiger partial charge in [-0.15, -0.1) is 0 Å². The lowest BCUT2D eigenvalue weighted by Crippen LogP contribution is -2.32. The highest BCUT2D eigenvalue weighted by Crippen LogP contribution is 2.34. The summed E-state index contributed by atoms with van der Waals surface area (Å²) >= 11 is 0. The number of hydrogen-bond donors (Lipinski definition) is 3. The second-order valence-corrected chi connectivity index (χ2v) is 6.95. The number of rotatable bonds is 8. The Kier molecular flexibility index (Phi) is 5.01. The highest BCUT2D eigenvalue weighted by atomic mass is 32.2. The molecule has 1 aromatic carbocycles. The van der Waals surface area contributed by atoms with Gasteiger partial charge in [-0.3, -0.25) is 0 Å². The van der Waals surface area contributed by atoms with E-state index in [1.54, 1.807) is 18.2 Å². The molecule has 0 heterocycles. The number of nitrogens with two attached hydrogens (primary N) is 1. The molecule has 2 rings (SSSR count). The van der Waals surface area contributed by atoms with Crippen molar-refractivity contribution in [3.05, 3.63) is 24.3 Å². The zero-order valence-corrected chi connectivity index (χ0v) is 12.6. The van der Waals surface area contributed by atoms with E-state index in [-0.39, 0.29) is 6.04 Å². The molecule has 0 aliphatic heterocycles. The summed E-state index contributed by atoms with van der Waals surface area (Å²) in [6.45, 7) is 2.89. The van der Waals surface area contributed by atoms with Crippen molar-refractivity contribution in [1.82, 2.24) is 4.72 Å². The first-order chi connectivity index (χ1) is 9.58. The van der Waals surface area contributed by atoms with Gasteiger partial charge in [0.05, 0.1) is 5.69 Å². The molecule has 4 N–H and O–H groups in total. The summed E-state index contributed by atoms with van der Waals surface area (Å²) in [6, 6.07) is 7.14. The fourth-order valence-corrected chi connectivity index (χ4v) is 3.50. The van der Waals surface area contributed by atoms with Gasteiger partial charge in [0.15, 0.2) is 0 Å². The van der Waals surface area contributed by atoms with Gasteiger partial charge < -0.3 is 11.1 Å². The van der Waals surface area contributed by atoms with Crippen LogP contribution in [-0.2, 0) is 10.0 Å². The van der Waals surface area contributed by atoms with E-state index in [4.69, 9.17) is 5.73 Å². The molecule has 0 bridgehead atoms. The maximum atomic E-state index is 12.3. The molecule has 6 heteroatoms. The van der Waals surface area contributed by atoms with Gasteiger partial charge in [-0.1, -0.05) is 19.1 Å². The Bertz CT molecular complexity index is 541. The van der Waals surface area contributed by atoms with E-state index < -0.39 is 10.0 Å². The zero-order valence-electron chi connectivity index (χ0n) is 11.8. The van der Waals surface area contributed by atoms with Crippen LogP contribution in [0.4, 0.5) is 5.69 Å². The van der Waals surface area contributed by atoms with Gasteiger partial charge in [0.2, 0.25) is 10.0 Å². The van der Waals surface area contributed by atoms with Crippen LogP contribution >= 0.6 is 0 Å².